The highest BCUT2D eigenvalue weighted by molar-refractivity contribution is 6.30. The molecule has 3 heterocycles. The van der Waals surface area contributed by atoms with Crippen molar-refractivity contribution in [3.05, 3.63) is 47.1 Å². The van der Waals surface area contributed by atoms with E-state index in [0.717, 1.165) is 54.9 Å². The van der Waals surface area contributed by atoms with Gasteiger partial charge in [0.15, 0.2) is 11.6 Å². The van der Waals surface area contributed by atoms with E-state index in [1.165, 1.54) is 0 Å². The second-order valence-electron chi connectivity index (χ2n) is 6.79. The number of likely N-dealkylation sites (N-methyl/N-ethyl adjacent to an activating group) is 1. The van der Waals surface area contributed by atoms with Crippen molar-refractivity contribution in [2.24, 2.45) is 0 Å². The van der Waals surface area contributed by atoms with Gasteiger partial charge >= 0.3 is 0 Å². The number of nitrogens with zero attached hydrogens (tertiary/aromatic N) is 5. The molecule has 0 bridgehead atoms. The molecule has 0 saturated carbocycles. The molecule has 1 aromatic carbocycles. The predicted octanol–water partition coefficient (Wildman–Crippen LogP) is 3.32. The third-order valence-electron chi connectivity index (χ3n) is 4.60. The van der Waals surface area contributed by atoms with E-state index in [9.17, 15) is 0 Å². The molecule has 0 radical (unpaired) electrons. The molecule has 0 atom stereocenters. The van der Waals surface area contributed by atoms with Crippen molar-refractivity contribution in [1.29, 1.82) is 0 Å². The van der Waals surface area contributed by atoms with E-state index in [-0.39, 0.29) is 0 Å². The van der Waals surface area contributed by atoms with E-state index in [1.807, 2.05) is 43.3 Å². The number of aromatic nitrogens is 4. The number of aromatic amines is 1. The summed E-state index contributed by atoms with van der Waals surface area (Å²) in [7, 11) is 2.14. The van der Waals surface area contributed by atoms with Crippen molar-refractivity contribution in [2.45, 2.75) is 6.92 Å². The molecule has 1 aliphatic heterocycles. The third-order valence-corrected chi connectivity index (χ3v) is 4.86. The van der Waals surface area contributed by atoms with Crippen LogP contribution in [0.25, 0.3) is 11.4 Å². The van der Waals surface area contributed by atoms with Gasteiger partial charge in [-0.15, -0.1) is 0 Å². The average molecular weight is 384 g/mol. The third kappa shape index (κ3) is 4.20. The Kier molecular flexibility index (Phi) is 4.96. The number of hydrogen-bond donors (Lipinski definition) is 2. The van der Waals surface area contributed by atoms with E-state index in [4.69, 9.17) is 21.6 Å². The van der Waals surface area contributed by atoms with Gasteiger partial charge in [-0.3, -0.25) is 5.10 Å². The second-order valence-corrected chi connectivity index (χ2v) is 7.23. The maximum atomic E-state index is 6.03. The van der Waals surface area contributed by atoms with Crippen LogP contribution in [-0.2, 0) is 0 Å². The molecule has 1 saturated heterocycles. The summed E-state index contributed by atoms with van der Waals surface area (Å²) in [6, 6.07) is 11.5. The number of halogens is 1. The number of anilines is 3. The molecule has 0 spiro atoms. The molecule has 27 heavy (non-hydrogen) atoms. The summed E-state index contributed by atoms with van der Waals surface area (Å²) in [5.41, 5.74) is 1.92. The molecule has 4 rings (SSSR count). The van der Waals surface area contributed by atoms with Crippen LogP contribution in [0.5, 0.6) is 0 Å². The SMILES string of the molecule is Cc1cc(Nc2cc(N3CCN(C)CC3)nc(-c3ccc(Cl)cc3)n2)n[nH]1. The minimum atomic E-state index is 0.665. The molecule has 0 unspecified atom stereocenters. The fraction of sp³-hybridized carbons (Fsp3) is 0.316. The van der Waals surface area contributed by atoms with Crippen molar-refractivity contribution in [3.63, 3.8) is 0 Å². The Hall–Kier alpha value is -2.64. The molecular formula is C19H22ClN7. The average Bonchev–Trinajstić information content (AvgIpc) is 3.07. The molecule has 1 fully saturated rings. The molecule has 8 heteroatoms. The highest BCUT2D eigenvalue weighted by Crippen LogP contribution is 2.26. The van der Waals surface area contributed by atoms with Crippen molar-refractivity contribution >= 4 is 29.1 Å². The summed E-state index contributed by atoms with van der Waals surface area (Å²) in [4.78, 5) is 14.1. The smallest absolute Gasteiger partial charge is 0.163 e. The highest BCUT2D eigenvalue weighted by Gasteiger charge is 2.18. The summed E-state index contributed by atoms with van der Waals surface area (Å²) in [5, 5.41) is 11.2. The van der Waals surface area contributed by atoms with E-state index < -0.39 is 0 Å². The monoisotopic (exact) mass is 383 g/mol. The second kappa shape index (κ2) is 7.54. The van der Waals surface area contributed by atoms with Gasteiger partial charge in [-0.05, 0) is 38.2 Å². The zero-order valence-corrected chi connectivity index (χ0v) is 16.2. The van der Waals surface area contributed by atoms with Crippen LogP contribution in [0.15, 0.2) is 36.4 Å². The van der Waals surface area contributed by atoms with Gasteiger partial charge in [0, 0.05) is 54.6 Å². The van der Waals surface area contributed by atoms with Crippen molar-refractivity contribution in [2.75, 3.05) is 43.4 Å². The van der Waals surface area contributed by atoms with E-state index in [1.54, 1.807) is 0 Å². The van der Waals surface area contributed by atoms with Crippen molar-refractivity contribution in [3.8, 4) is 11.4 Å². The summed E-state index contributed by atoms with van der Waals surface area (Å²) in [6.07, 6.45) is 0. The fourth-order valence-corrected chi connectivity index (χ4v) is 3.16. The van der Waals surface area contributed by atoms with Gasteiger partial charge in [0.25, 0.3) is 0 Å². The molecule has 1 aliphatic rings. The van der Waals surface area contributed by atoms with Gasteiger partial charge in [0.2, 0.25) is 0 Å². The lowest BCUT2D eigenvalue weighted by atomic mass is 10.2. The van der Waals surface area contributed by atoms with Crippen LogP contribution in [0.4, 0.5) is 17.5 Å². The number of piperazine rings is 1. The van der Waals surface area contributed by atoms with E-state index in [2.05, 4.69) is 32.4 Å². The van der Waals surface area contributed by atoms with Crippen molar-refractivity contribution < 1.29 is 0 Å². The first kappa shape index (κ1) is 17.8. The number of rotatable bonds is 4. The van der Waals surface area contributed by atoms with E-state index >= 15 is 0 Å². The van der Waals surface area contributed by atoms with Gasteiger partial charge < -0.3 is 15.1 Å². The fourth-order valence-electron chi connectivity index (χ4n) is 3.04. The van der Waals surface area contributed by atoms with Crippen LogP contribution in [0.1, 0.15) is 5.69 Å². The highest BCUT2D eigenvalue weighted by atomic mass is 35.5. The Bertz CT molecular complexity index is 914. The summed E-state index contributed by atoms with van der Waals surface area (Å²) < 4.78 is 0. The number of nitrogens with one attached hydrogen (secondary N) is 2. The van der Waals surface area contributed by atoms with Crippen LogP contribution in [0.2, 0.25) is 5.02 Å². The summed E-state index contributed by atoms with van der Waals surface area (Å²) in [5.74, 6) is 3.03. The minimum absolute atomic E-state index is 0.665. The minimum Gasteiger partial charge on any atom is -0.354 e. The van der Waals surface area contributed by atoms with Gasteiger partial charge in [-0.25, -0.2) is 9.97 Å². The first-order valence-corrected chi connectivity index (χ1v) is 9.32. The zero-order chi connectivity index (χ0) is 18.8. The van der Waals surface area contributed by atoms with Gasteiger partial charge in [-0.1, -0.05) is 11.6 Å². The molecule has 0 amide bonds. The molecule has 3 aromatic rings. The maximum Gasteiger partial charge on any atom is 0.163 e. The largest absolute Gasteiger partial charge is 0.354 e. The standard InChI is InChI=1S/C19H22ClN7/c1-13-11-17(25-24-13)21-16-12-18(27-9-7-26(2)8-10-27)23-19(22-16)14-3-5-15(20)6-4-14/h3-6,11-12H,7-10H2,1-2H3,(H2,21,22,23,24,25). The molecule has 140 valence electrons. The van der Waals surface area contributed by atoms with Crippen LogP contribution >= 0.6 is 11.6 Å². The number of benzene rings is 1. The van der Waals surface area contributed by atoms with E-state index in [0.29, 0.717) is 10.8 Å². The summed E-state index contributed by atoms with van der Waals surface area (Å²) in [6.45, 7) is 5.87. The lowest BCUT2D eigenvalue weighted by molar-refractivity contribution is 0.312. The molecule has 0 aliphatic carbocycles. The maximum absolute atomic E-state index is 6.03. The number of hydrogen-bond acceptors (Lipinski definition) is 6. The lowest BCUT2D eigenvalue weighted by Crippen LogP contribution is -2.44. The normalized spacial score (nSPS) is 15.1. The molecule has 2 N–H and O–H groups in total. The molecule has 2 aromatic heterocycles. The Balaban J connectivity index is 1.70. The van der Waals surface area contributed by atoms with Crippen LogP contribution in [-0.4, -0.2) is 58.3 Å². The summed E-state index contributed by atoms with van der Waals surface area (Å²) >= 11 is 6.03. The zero-order valence-electron chi connectivity index (χ0n) is 15.4. The Morgan fingerprint density at radius 2 is 1.74 bits per heavy atom. The Labute approximate surface area is 163 Å². The van der Waals surface area contributed by atoms with Gasteiger partial charge in [0.1, 0.15) is 11.6 Å². The molecular weight excluding hydrogens is 362 g/mol. The first-order valence-electron chi connectivity index (χ1n) is 8.94. The first-order chi connectivity index (χ1) is 13.1. The number of H-pyrrole nitrogens is 1. The van der Waals surface area contributed by atoms with Crippen LogP contribution < -0.4 is 10.2 Å². The quantitative estimate of drug-likeness (QED) is 0.720. The van der Waals surface area contributed by atoms with Crippen LogP contribution in [0.3, 0.4) is 0 Å². The van der Waals surface area contributed by atoms with Crippen LogP contribution in [0, 0.1) is 6.92 Å². The van der Waals surface area contributed by atoms with Crippen molar-refractivity contribution in [1.82, 2.24) is 25.1 Å². The Morgan fingerprint density at radius 3 is 2.41 bits per heavy atom. The van der Waals surface area contributed by atoms with Gasteiger partial charge in [-0.2, -0.15) is 5.10 Å². The predicted molar refractivity (Wildman–Crippen MR) is 109 cm³/mol. The van der Waals surface area contributed by atoms with Gasteiger partial charge in [0.05, 0.1) is 0 Å². The topological polar surface area (TPSA) is 73.0 Å². The Morgan fingerprint density at radius 1 is 1.00 bits per heavy atom. The molecule has 7 nitrogen and oxygen atoms in total. The number of aryl methyl sites for hydroxylation is 1. The lowest BCUT2D eigenvalue weighted by Gasteiger charge is -2.33.